The van der Waals surface area contributed by atoms with Crippen molar-refractivity contribution in [2.24, 2.45) is 11.7 Å². The summed E-state index contributed by atoms with van der Waals surface area (Å²) < 4.78 is 0. The van der Waals surface area contributed by atoms with E-state index in [1.165, 1.54) is 12.8 Å². The number of hydrogen-bond donors (Lipinski definition) is 1. The smallest absolute Gasteiger partial charge is 0.225 e. The minimum absolute atomic E-state index is 0.244. The third-order valence-corrected chi connectivity index (χ3v) is 3.24. The van der Waals surface area contributed by atoms with Gasteiger partial charge in [0.05, 0.1) is 0 Å². The third kappa shape index (κ3) is 1.85. The fourth-order valence-electron chi connectivity index (χ4n) is 2.44. The zero-order valence-electron chi connectivity index (χ0n) is 8.04. The molecule has 0 aromatic carbocycles. The maximum Gasteiger partial charge on any atom is 0.225 e. The highest BCUT2D eigenvalue weighted by Crippen LogP contribution is 2.27. The van der Waals surface area contributed by atoms with E-state index in [1.807, 2.05) is 4.90 Å². The summed E-state index contributed by atoms with van der Waals surface area (Å²) in [6.45, 7) is 1.95. The molecule has 2 N–H and O–H groups in total. The number of likely N-dealkylation sites (tertiary alicyclic amines) is 1. The highest BCUT2D eigenvalue weighted by atomic mass is 16.2. The lowest BCUT2D eigenvalue weighted by Gasteiger charge is -2.19. The normalized spacial score (nSPS) is 34.1. The van der Waals surface area contributed by atoms with Crippen molar-refractivity contribution >= 4 is 5.91 Å². The van der Waals surface area contributed by atoms with Crippen LogP contribution in [0.2, 0.25) is 0 Å². The Morgan fingerprint density at radius 1 is 1.23 bits per heavy atom. The first-order chi connectivity index (χ1) is 6.27. The van der Waals surface area contributed by atoms with Crippen molar-refractivity contribution < 1.29 is 4.79 Å². The van der Waals surface area contributed by atoms with Crippen LogP contribution in [0.5, 0.6) is 0 Å². The Morgan fingerprint density at radius 2 is 1.92 bits per heavy atom. The SMILES string of the molecule is N[C@H]1CC[C@@H](C(=O)N2CCCC2)C1. The van der Waals surface area contributed by atoms with Gasteiger partial charge in [-0.15, -0.1) is 0 Å². The monoisotopic (exact) mass is 182 g/mol. The van der Waals surface area contributed by atoms with Gasteiger partial charge in [-0.05, 0) is 32.1 Å². The molecule has 74 valence electrons. The van der Waals surface area contributed by atoms with E-state index in [0.29, 0.717) is 5.91 Å². The molecule has 1 saturated heterocycles. The molecule has 1 heterocycles. The van der Waals surface area contributed by atoms with Crippen molar-refractivity contribution in [3.8, 4) is 0 Å². The molecule has 0 aromatic heterocycles. The van der Waals surface area contributed by atoms with Crippen LogP contribution >= 0.6 is 0 Å². The summed E-state index contributed by atoms with van der Waals surface area (Å²) in [5.41, 5.74) is 5.79. The first kappa shape index (κ1) is 9.00. The van der Waals surface area contributed by atoms with Crippen LogP contribution in [-0.4, -0.2) is 29.9 Å². The summed E-state index contributed by atoms with van der Waals surface area (Å²) in [5, 5.41) is 0. The Hall–Kier alpha value is -0.570. The van der Waals surface area contributed by atoms with Gasteiger partial charge in [0.1, 0.15) is 0 Å². The van der Waals surface area contributed by atoms with Crippen molar-refractivity contribution in [3.05, 3.63) is 0 Å². The van der Waals surface area contributed by atoms with Crippen LogP contribution in [0.4, 0.5) is 0 Å². The minimum atomic E-state index is 0.244. The summed E-state index contributed by atoms with van der Waals surface area (Å²) in [4.78, 5) is 13.9. The summed E-state index contributed by atoms with van der Waals surface area (Å²) in [6, 6.07) is 0.275. The highest BCUT2D eigenvalue weighted by molar-refractivity contribution is 5.79. The molecule has 0 unspecified atom stereocenters. The van der Waals surface area contributed by atoms with E-state index in [0.717, 1.165) is 32.4 Å². The van der Waals surface area contributed by atoms with E-state index in [1.54, 1.807) is 0 Å². The van der Waals surface area contributed by atoms with Crippen LogP contribution in [0.1, 0.15) is 32.1 Å². The Kier molecular flexibility index (Phi) is 2.54. The molecule has 1 amide bonds. The van der Waals surface area contributed by atoms with E-state index in [-0.39, 0.29) is 12.0 Å². The second-order valence-corrected chi connectivity index (χ2v) is 4.30. The molecular formula is C10H18N2O. The second-order valence-electron chi connectivity index (χ2n) is 4.30. The molecule has 2 rings (SSSR count). The van der Waals surface area contributed by atoms with Gasteiger partial charge in [0.15, 0.2) is 0 Å². The van der Waals surface area contributed by atoms with Crippen LogP contribution in [0, 0.1) is 5.92 Å². The predicted octanol–water partition coefficient (Wildman–Crippen LogP) is 0.736. The zero-order chi connectivity index (χ0) is 9.26. The number of carbonyl (C=O) groups excluding carboxylic acids is 1. The first-order valence-corrected chi connectivity index (χ1v) is 5.32. The van der Waals surface area contributed by atoms with Crippen molar-refractivity contribution in [1.29, 1.82) is 0 Å². The summed E-state index contributed by atoms with van der Waals surface area (Å²) in [5.74, 6) is 0.610. The summed E-state index contributed by atoms with van der Waals surface area (Å²) >= 11 is 0. The molecule has 3 heteroatoms. The van der Waals surface area contributed by atoms with Gasteiger partial charge >= 0.3 is 0 Å². The van der Waals surface area contributed by atoms with Crippen LogP contribution in [-0.2, 0) is 4.79 Å². The van der Waals surface area contributed by atoms with Gasteiger partial charge in [0.25, 0.3) is 0 Å². The maximum atomic E-state index is 11.9. The number of carbonyl (C=O) groups is 1. The lowest BCUT2D eigenvalue weighted by atomic mass is 10.1. The molecule has 0 bridgehead atoms. The number of rotatable bonds is 1. The van der Waals surface area contributed by atoms with Crippen molar-refractivity contribution in [3.63, 3.8) is 0 Å². The van der Waals surface area contributed by atoms with Gasteiger partial charge in [-0.1, -0.05) is 0 Å². The molecule has 1 saturated carbocycles. The Bertz CT molecular complexity index is 199. The third-order valence-electron chi connectivity index (χ3n) is 3.24. The van der Waals surface area contributed by atoms with Crippen LogP contribution < -0.4 is 5.73 Å². The van der Waals surface area contributed by atoms with E-state index in [9.17, 15) is 4.79 Å². The van der Waals surface area contributed by atoms with Crippen LogP contribution in [0.25, 0.3) is 0 Å². The molecule has 2 aliphatic rings. The predicted molar refractivity (Wildman–Crippen MR) is 51.1 cm³/mol. The molecular weight excluding hydrogens is 164 g/mol. The standard InChI is InChI=1S/C10H18N2O/c11-9-4-3-8(7-9)10(13)12-5-1-2-6-12/h8-9H,1-7,11H2/t8-,9+/m1/s1. The molecule has 0 radical (unpaired) electrons. The number of hydrogen-bond acceptors (Lipinski definition) is 2. The molecule has 0 spiro atoms. The quantitative estimate of drug-likeness (QED) is 0.650. The molecule has 0 aromatic rings. The minimum Gasteiger partial charge on any atom is -0.342 e. The van der Waals surface area contributed by atoms with Gasteiger partial charge in [0.2, 0.25) is 5.91 Å². The second kappa shape index (κ2) is 3.66. The topological polar surface area (TPSA) is 46.3 Å². The fourth-order valence-corrected chi connectivity index (χ4v) is 2.44. The number of nitrogens with zero attached hydrogens (tertiary/aromatic N) is 1. The van der Waals surface area contributed by atoms with E-state index in [4.69, 9.17) is 5.73 Å². The zero-order valence-corrected chi connectivity index (χ0v) is 8.04. The molecule has 3 nitrogen and oxygen atoms in total. The Balaban J connectivity index is 1.89. The lowest BCUT2D eigenvalue weighted by molar-refractivity contribution is -0.134. The first-order valence-electron chi connectivity index (χ1n) is 5.32. The van der Waals surface area contributed by atoms with Gasteiger partial charge in [0, 0.05) is 25.0 Å². The molecule has 1 aliphatic heterocycles. The average molecular weight is 182 g/mol. The largest absolute Gasteiger partial charge is 0.342 e. The van der Waals surface area contributed by atoms with Crippen LogP contribution in [0.3, 0.4) is 0 Å². The Morgan fingerprint density at radius 3 is 2.46 bits per heavy atom. The number of amides is 1. The Labute approximate surface area is 79.3 Å². The summed E-state index contributed by atoms with van der Waals surface area (Å²) in [7, 11) is 0. The van der Waals surface area contributed by atoms with Gasteiger partial charge in [-0.25, -0.2) is 0 Å². The maximum absolute atomic E-state index is 11.9. The van der Waals surface area contributed by atoms with Crippen molar-refractivity contribution in [2.45, 2.75) is 38.1 Å². The van der Waals surface area contributed by atoms with Crippen LogP contribution in [0.15, 0.2) is 0 Å². The van der Waals surface area contributed by atoms with Gasteiger partial charge in [-0.2, -0.15) is 0 Å². The molecule has 2 fully saturated rings. The van der Waals surface area contributed by atoms with Gasteiger partial charge in [-0.3, -0.25) is 4.79 Å². The average Bonchev–Trinajstić information content (AvgIpc) is 2.72. The number of nitrogens with two attached hydrogens (primary N) is 1. The molecule has 13 heavy (non-hydrogen) atoms. The fraction of sp³-hybridized carbons (Fsp3) is 0.900. The van der Waals surface area contributed by atoms with E-state index >= 15 is 0 Å². The summed E-state index contributed by atoms with van der Waals surface area (Å²) in [6.07, 6.45) is 5.32. The van der Waals surface area contributed by atoms with E-state index in [2.05, 4.69) is 0 Å². The highest BCUT2D eigenvalue weighted by Gasteiger charge is 2.31. The van der Waals surface area contributed by atoms with Crippen molar-refractivity contribution in [2.75, 3.05) is 13.1 Å². The molecule has 1 aliphatic carbocycles. The molecule has 2 atom stereocenters. The van der Waals surface area contributed by atoms with E-state index < -0.39 is 0 Å². The van der Waals surface area contributed by atoms with Crippen molar-refractivity contribution in [1.82, 2.24) is 4.90 Å². The van der Waals surface area contributed by atoms with Gasteiger partial charge < -0.3 is 10.6 Å². The lowest BCUT2D eigenvalue weighted by Crippen LogP contribution is -2.33.